The molecule has 0 amide bonds. The van der Waals surface area contributed by atoms with Crippen molar-refractivity contribution in [2.45, 2.75) is 18.0 Å². The molecule has 0 saturated carbocycles. The Morgan fingerprint density at radius 3 is 2.36 bits per heavy atom. The maximum Gasteiger partial charge on any atom is 0.416 e. The first kappa shape index (κ1) is 19.4. The van der Waals surface area contributed by atoms with Gasteiger partial charge in [0.15, 0.2) is 0 Å². The Balaban J connectivity index is 2.51. The molecular weight excluding hydrogens is 379 g/mol. The van der Waals surface area contributed by atoms with Crippen LogP contribution in [0.5, 0.6) is 5.75 Å². The molecule has 0 saturated heterocycles. The first-order chi connectivity index (χ1) is 11.6. The summed E-state index contributed by atoms with van der Waals surface area (Å²) in [5.41, 5.74) is -1.00. The van der Waals surface area contributed by atoms with Crippen LogP contribution >= 0.6 is 11.6 Å². The summed E-state index contributed by atoms with van der Waals surface area (Å²) in [6.07, 6.45) is -4.57. The highest BCUT2D eigenvalue weighted by Gasteiger charge is 2.32. The molecule has 0 unspecified atom stereocenters. The predicted molar refractivity (Wildman–Crippen MR) is 89.7 cm³/mol. The molecule has 0 heterocycles. The molecule has 2 aromatic rings. The zero-order valence-electron chi connectivity index (χ0n) is 13.3. The predicted octanol–water partition coefficient (Wildman–Crippen LogP) is 4.58. The largest absolute Gasteiger partial charge is 0.495 e. The van der Waals surface area contributed by atoms with Crippen LogP contribution in [0.25, 0.3) is 0 Å². The lowest BCUT2D eigenvalue weighted by atomic mass is 10.2. The highest BCUT2D eigenvalue weighted by atomic mass is 35.5. The van der Waals surface area contributed by atoms with Gasteiger partial charge in [-0.1, -0.05) is 17.7 Å². The van der Waals surface area contributed by atoms with Crippen LogP contribution in [-0.2, 0) is 16.2 Å². The average Bonchev–Trinajstić information content (AvgIpc) is 2.54. The monoisotopic (exact) mass is 393 g/mol. The average molecular weight is 394 g/mol. The van der Waals surface area contributed by atoms with Crippen molar-refractivity contribution in [3.05, 3.63) is 53.1 Å². The molecule has 0 fully saturated rings. The van der Waals surface area contributed by atoms with Crippen LogP contribution < -0.4 is 9.04 Å². The minimum atomic E-state index is -4.57. The van der Waals surface area contributed by atoms with E-state index in [1.165, 1.54) is 38.3 Å². The van der Waals surface area contributed by atoms with Crippen molar-refractivity contribution in [2.75, 3.05) is 18.0 Å². The molecule has 0 aliphatic rings. The van der Waals surface area contributed by atoms with Gasteiger partial charge in [0.2, 0.25) is 0 Å². The van der Waals surface area contributed by atoms with Gasteiger partial charge in [-0.15, -0.1) is 0 Å². The number of sulfonamides is 1. The number of nitrogens with zero attached hydrogens (tertiary/aromatic N) is 1. The van der Waals surface area contributed by atoms with E-state index in [-0.39, 0.29) is 22.2 Å². The third kappa shape index (κ3) is 4.01. The highest BCUT2D eigenvalue weighted by Crippen LogP contribution is 2.34. The van der Waals surface area contributed by atoms with E-state index < -0.39 is 21.8 Å². The SMILES string of the molecule is CCN(c1cccc(C(F)(F)F)c1)S(=O)(=O)c1ccc(OC)c(Cl)c1. The molecule has 0 bridgehead atoms. The molecule has 0 atom stereocenters. The summed E-state index contributed by atoms with van der Waals surface area (Å²) >= 11 is 5.96. The van der Waals surface area contributed by atoms with Gasteiger partial charge in [0.1, 0.15) is 5.75 Å². The van der Waals surface area contributed by atoms with Gasteiger partial charge in [0.25, 0.3) is 10.0 Å². The fourth-order valence-electron chi connectivity index (χ4n) is 2.26. The minimum absolute atomic E-state index is 0.0483. The fraction of sp³-hybridized carbons (Fsp3) is 0.250. The molecule has 0 aliphatic carbocycles. The second-order valence-electron chi connectivity index (χ2n) is 5.01. The highest BCUT2D eigenvalue weighted by molar-refractivity contribution is 7.92. The third-order valence-electron chi connectivity index (χ3n) is 3.46. The lowest BCUT2D eigenvalue weighted by Gasteiger charge is -2.24. The fourth-order valence-corrected chi connectivity index (χ4v) is 4.08. The van der Waals surface area contributed by atoms with Crippen molar-refractivity contribution in [3.8, 4) is 5.75 Å². The molecule has 2 aromatic carbocycles. The summed E-state index contributed by atoms with van der Waals surface area (Å²) in [7, 11) is -2.70. The van der Waals surface area contributed by atoms with Gasteiger partial charge in [0.05, 0.1) is 28.3 Å². The molecule has 0 N–H and O–H groups in total. The van der Waals surface area contributed by atoms with Gasteiger partial charge in [-0.25, -0.2) is 8.42 Å². The van der Waals surface area contributed by atoms with E-state index >= 15 is 0 Å². The Morgan fingerprint density at radius 1 is 1.16 bits per heavy atom. The van der Waals surface area contributed by atoms with Gasteiger partial charge in [-0.05, 0) is 43.3 Å². The number of methoxy groups -OCH3 is 1. The van der Waals surface area contributed by atoms with Crippen LogP contribution in [0.1, 0.15) is 12.5 Å². The maximum absolute atomic E-state index is 12.9. The number of benzene rings is 2. The Kier molecular flexibility index (Phi) is 5.53. The van der Waals surface area contributed by atoms with Gasteiger partial charge < -0.3 is 4.74 Å². The van der Waals surface area contributed by atoms with Crippen LogP contribution in [0, 0.1) is 0 Å². The Bertz CT molecular complexity index is 869. The van der Waals surface area contributed by atoms with E-state index in [9.17, 15) is 21.6 Å². The normalized spacial score (nSPS) is 12.1. The number of ether oxygens (including phenoxy) is 1. The summed E-state index contributed by atoms with van der Waals surface area (Å²) in [6, 6.07) is 8.02. The molecule has 0 aromatic heterocycles. The molecule has 0 radical (unpaired) electrons. The molecule has 2 rings (SSSR count). The van der Waals surface area contributed by atoms with Crippen molar-refractivity contribution in [1.82, 2.24) is 0 Å². The lowest BCUT2D eigenvalue weighted by Crippen LogP contribution is -2.31. The summed E-state index contributed by atoms with van der Waals surface area (Å²) in [5.74, 6) is 0.294. The molecule has 0 spiro atoms. The number of rotatable bonds is 5. The van der Waals surface area contributed by atoms with E-state index in [0.29, 0.717) is 5.75 Å². The van der Waals surface area contributed by atoms with E-state index in [1.54, 1.807) is 0 Å². The second-order valence-corrected chi connectivity index (χ2v) is 7.28. The summed E-state index contributed by atoms with van der Waals surface area (Å²) in [5, 5.41) is 0.0867. The van der Waals surface area contributed by atoms with Crippen LogP contribution in [0.3, 0.4) is 0 Å². The summed E-state index contributed by atoms with van der Waals surface area (Å²) < 4.78 is 70.2. The molecule has 25 heavy (non-hydrogen) atoms. The second kappa shape index (κ2) is 7.13. The van der Waals surface area contributed by atoms with E-state index in [4.69, 9.17) is 16.3 Å². The Hall–Kier alpha value is -1.93. The van der Waals surface area contributed by atoms with Crippen molar-refractivity contribution in [3.63, 3.8) is 0 Å². The zero-order chi connectivity index (χ0) is 18.8. The first-order valence-electron chi connectivity index (χ1n) is 7.14. The van der Waals surface area contributed by atoms with Crippen molar-refractivity contribution in [1.29, 1.82) is 0 Å². The maximum atomic E-state index is 12.9. The first-order valence-corrected chi connectivity index (χ1v) is 8.96. The van der Waals surface area contributed by atoms with E-state index in [2.05, 4.69) is 0 Å². The van der Waals surface area contributed by atoms with E-state index in [0.717, 1.165) is 22.5 Å². The molecule has 136 valence electrons. The van der Waals surface area contributed by atoms with Gasteiger partial charge >= 0.3 is 6.18 Å². The van der Waals surface area contributed by atoms with Crippen molar-refractivity contribution in [2.24, 2.45) is 0 Å². The Labute approximate surface area is 148 Å². The third-order valence-corrected chi connectivity index (χ3v) is 5.65. The minimum Gasteiger partial charge on any atom is -0.495 e. The number of alkyl halides is 3. The van der Waals surface area contributed by atoms with Gasteiger partial charge in [0, 0.05) is 6.54 Å². The van der Waals surface area contributed by atoms with E-state index in [1.807, 2.05) is 0 Å². The zero-order valence-corrected chi connectivity index (χ0v) is 14.9. The molecular formula is C16H15ClF3NO3S. The number of hydrogen-bond acceptors (Lipinski definition) is 3. The van der Waals surface area contributed by atoms with Gasteiger partial charge in [-0.3, -0.25) is 4.31 Å². The summed E-state index contributed by atoms with van der Waals surface area (Å²) in [4.78, 5) is -0.141. The van der Waals surface area contributed by atoms with Crippen LogP contribution in [0.15, 0.2) is 47.4 Å². The lowest BCUT2D eigenvalue weighted by molar-refractivity contribution is -0.137. The van der Waals surface area contributed by atoms with Crippen LogP contribution in [0.4, 0.5) is 18.9 Å². The quantitative estimate of drug-likeness (QED) is 0.746. The number of anilines is 1. The smallest absolute Gasteiger partial charge is 0.416 e. The van der Waals surface area contributed by atoms with Crippen molar-refractivity contribution < 1.29 is 26.3 Å². The number of halogens is 4. The topological polar surface area (TPSA) is 46.6 Å². The summed E-state index contributed by atoms with van der Waals surface area (Å²) in [6.45, 7) is 1.48. The van der Waals surface area contributed by atoms with Gasteiger partial charge in [-0.2, -0.15) is 13.2 Å². The van der Waals surface area contributed by atoms with Crippen LogP contribution in [0.2, 0.25) is 5.02 Å². The standard InChI is InChI=1S/C16H15ClF3NO3S/c1-3-21(12-6-4-5-11(9-12)16(18,19)20)25(22,23)13-7-8-15(24-2)14(17)10-13/h4-10H,3H2,1-2H3. The molecule has 4 nitrogen and oxygen atoms in total. The molecule has 9 heteroatoms. The number of hydrogen-bond donors (Lipinski definition) is 0. The van der Waals surface area contributed by atoms with Crippen LogP contribution in [-0.4, -0.2) is 22.1 Å². The van der Waals surface area contributed by atoms with Crippen molar-refractivity contribution >= 4 is 27.3 Å². The molecule has 0 aliphatic heterocycles. The Morgan fingerprint density at radius 2 is 1.84 bits per heavy atom.